The average Bonchev–Trinajstić information content (AvgIpc) is 2.87. The zero-order valence-corrected chi connectivity index (χ0v) is 12.2. The fourth-order valence-electron chi connectivity index (χ4n) is 2.35. The van der Waals surface area contributed by atoms with Gasteiger partial charge in [-0.3, -0.25) is 4.79 Å². The Balaban J connectivity index is 2.10. The minimum Gasteiger partial charge on any atom is -0.338 e. The van der Waals surface area contributed by atoms with Crippen molar-refractivity contribution in [1.29, 1.82) is 0 Å². The zero-order chi connectivity index (χ0) is 16.4. The van der Waals surface area contributed by atoms with Gasteiger partial charge in [-0.1, -0.05) is 18.4 Å². The number of rotatable bonds is 1. The van der Waals surface area contributed by atoms with Crippen molar-refractivity contribution in [2.24, 2.45) is 5.41 Å². The highest BCUT2D eigenvalue weighted by Gasteiger charge is 2.34. The Hall–Kier alpha value is -2.22. The minimum absolute atomic E-state index is 0.125. The van der Waals surface area contributed by atoms with E-state index >= 15 is 0 Å². The van der Waals surface area contributed by atoms with Crippen molar-refractivity contribution in [1.82, 2.24) is 4.90 Å². The first-order valence-electron chi connectivity index (χ1n) is 6.85. The van der Waals surface area contributed by atoms with Gasteiger partial charge in [-0.15, -0.1) is 0 Å². The second-order valence-electron chi connectivity index (χ2n) is 5.60. The zero-order valence-electron chi connectivity index (χ0n) is 12.2. The van der Waals surface area contributed by atoms with Crippen molar-refractivity contribution in [2.75, 3.05) is 13.1 Å². The lowest BCUT2D eigenvalue weighted by Gasteiger charge is -2.17. The SMILES string of the molecule is C=CC(=O)N1CC[C@@](C)(C#Cc2ccc(C(F)(F)F)cc2)C1. The summed E-state index contributed by atoms with van der Waals surface area (Å²) in [5.74, 6) is 5.86. The van der Waals surface area contributed by atoms with Crippen LogP contribution in [0, 0.1) is 17.3 Å². The molecule has 0 aromatic heterocycles. The van der Waals surface area contributed by atoms with Crippen LogP contribution in [0.5, 0.6) is 0 Å². The number of hydrogen-bond donors (Lipinski definition) is 0. The van der Waals surface area contributed by atoms with Crippen LogP contribution in [0.3, 0.4) is 0 Å². The molecule has 1 fully saturated rings. The van der Waals surface area contributed by atoms with E-state index in [9.17, 15) is 18.0 Å². The highest BCUT2D eigenvalue weighted by molar-refractivity contribution is 5.87. The summed E-state index contributed by atoms with van der Waals surface area (Å²) < 4.78 is 37.4. The van der Waals surface area contributed by atoms with Gasteiger partial charge in [0.2, 0.25) is 5.91 Å². The number of nitrogens with zero attached hydrogens (tertiary/aromatic N) is 1. The summed E-state index contributed by atoms with van der Waals surface area (Å²) in [5.41, 5.74) is -0.503. The van der Waals surface area contributed by atoms with Crippen LogP contribution in [0.1, 0.15) is 24.5 Å². The van der Waals surface area contributed by atoms with Crippen LogP contribution >= 0.6 is 0 Å². The Labute approximate surface area is 127 Å². The van der Waals surface area contributed by atoms with Gasteiger partial charge in [0.1, 0.15) is 0 Å². The maximum atomic E-state index is 12.5. The monoisotopic (exact) mass is 307 g/mol. The van der Waals surface area contributed by atoms with Gasteiger partial charge in [0.25, 0.3) is 0 Å². The van der Waals surface area contributed by atoms with Crippen molar-refractivity contribution >= 4 is 5.91 Å². The van der Waals surface area contributed by atoms with Crippen LogP contribution < -0.4 is 0 Å². The molecule has 0 N–H and O–H groups in total. The lowest BCUT2D eigenvalue weighted by molar-refractivity contribution is -0.137. The van der Waals surface area contributed by atoms with E-state index in [1.54, 1.807) is 4.90 Å². The largest absolute Gasteiger partial charge is 0.416 e. The van der Waals surface area contributed by atoms with Crippen LogP contribution in [0.2, 0.25) is 0 Å². The van der Waals surface area contributed by atoms with E-state index in [0.717, 1.165) is 18.6 Å². The van der Waals surface area contributed by atoms with E-state index in [4.69, 9.17) is 0 Å². The normalized spacial score (nSPS) is 21.2. The predicted octanol–water partition coefficient (Wildman–Crippen LogP) is 3.48. The van der Waals surface area contributed by atoms with Crippen molar-refractivity contribution < 1.29 is 18.0 Å². The molecule has 1 aromatic carbocycles. The van der Waals surface area contributed by atoms with E-state index in [1.807, 2.05) is 6.92 Å². The first-order chi connectivity index (χ1) is 10.2. The van der Waals surface area contributed by atoms with Gasteiger partial charge in [0.05, 0.1) is 5.56 Å². The number of likely N-dealkylation sites (tertiary alicyclic amines) is 1. The lowest BCUT2D eigenvalue weighted by Crippen LogP contribution is -2.29. The molecule has 0 spiro atoms. The van der Waals surface area contributed by atoms with Crippen LogP contribution in [-0.2, 0) is 11.0 Å². The maximum absolute atomic E-state index is 12.5. The third-order valence-corrected chi connectivity index (χ3v) is 3.68. The third kappa shape index (κ3) is 3.70. The molecule has 0 bridgehead atoms. The third-order valence-electron chi connectivity index (χ3n) is 3.68. The van der Waals surface area contributed by atoms with Gasteiger partial charge >= 0.3 is 6.18 Å². The first kappa shape index (κ1) is 16.2. The number of halogens is 3. The van der Waals surface area contributed by atoms with Crippen LogP contribution in [0.25, 0.3) is 0 Å². The smallest absolute Gasteiger partial charge is 0.338 e. The Morgan fingerprint density at radius 2 is 2.00 bits per heavy atom. The quantitative estimate of drug-likeness (QED) is 0.574. The van der Waals surface area contributed by atoms with E-state index in [2.05, 4.69) is 18.4 Å². The lowest BCUT2D eigenvalue weighted by atomic mass is 9.90. The molecule has 1 aliphatic heterocycles. The second kappa shape index (κ2) is 5.88. The maximum Gasteiger partial charge on any atom is 0.416 e. The van der Waals surface area contributed by atoms with Crippen LogP contribution in [0.15, 0.2) is 36.9 Å². The molecule has 1 aromatic rings. The summed E-state index contributed by atoms with van der Waals surface area (Å²) in [4.78, 5) is 13.2. The van der Waals surface area contributed by atoms with Gasteiger partial charge in [-0.25, -0.2) is 0 Å². The summed E-state index contributed by atoms with van der Waals surface area (Å²) in [6, 6.07) is 4.77. The number of alkyl halides is 3. The fraction of sp³-hybridized carbons (Fsp3) is 0.353. The van der Waals surface area contributed by atoms with E-state index < -0.39 is 11.7 Å². The molecule has 1 amide bonds. The van der Waals surface area contributed by atoms with E-state index in [-0.39, 0.29) is 11.3 Å². The van der Waals surface area contributed by atoms with Gasteiger partial charge < -0.3 is 4.90 Å². The average molecular weight is 307 g/mol. The Kier molecular flexibility index (Phi) is 4.32. The molecule has 2 nitrogen and oxygen atoms in total. The predicted molar refractivity (Wildman–Crippen MR) is 77.8 cm³/mol. The summed E-state index contributed by atoms with van der Waals surface area (Å²) in [6.07, 6.45) is -2.33. The molecule has 5 heteroatoms. The minimum atomic E-state index is -4.34. The molecule has 0 aliphatic carbocycles. The molecule has 0 saturated carbocycles. The molecule has 22 heavy (non-hydrogen) atoms. The number of carbonyl (C=O) groups excluding carboxylic acids is 1. The molecule has 1 aliphatic rings. The van der Waals surface area contributed by atoms with Crippen LogP contribution in [0.4, 0.5) is 13.2 Å². The first-order valence-corrected chi connectivity index (χ1v) is 6.85. The molecule has 1 atom stereocenters. The topological polar surface area (TPSA) is 20.3 Å². The van der Waals surface area contributed by atoms with E-state index in [0.29, 0.717) is 18.7 Å². The summed E-state index contributed by atoms with van der Waals surface area (Å²) in [6.45, 7) is 6.52. The molecule has 1 heterocycles. The van der Waals surface area contributed by atoms with Gasteiger partial charge in [0, 0.05) is 24.1 Å². The summed E-state index contributed by atoms with van der Waals surface area (Å²) in [7, 11) is 0. The van der Waals surface area contributed by atoms with E-state index in [1.165, 1.54) is 18.2 Å². The molecular weight excluding hydrogens is 291 g/mol. The summed E-state index contributed by atoms with van der Waals surface area (Å²) in [5, 5.41) is 0. The Bertz CT molecular complexity index is 637. The fourth-order valence-corrected chi connectivity index (χ4v) is 2.35. The molecule has 0 unspecified atom stereocenters. The van der Waals surface area contributed by atoms with Crippen molar-refractivity contribution in [3.8, 4) is 11.8 Å². The summed E-state index contributed by atoms with van der Waals surface area (Å²) >= 11 is 0. The van der Waals surface area contributed by atoms with Gasteiger partial charge in [-0.2, -0.15) is 13.2 Å². The highest BCUT2D eigenvalue weighted by Crippen LogP contribution is 2.30. The second-order valence-corrected chi connectivity index (χ2v) is 5.60. The number of amides is 1. The van der Waals surface area contributed by atoms with Crippen molar-refractivity contribution in [2.45, 2.75) is 19.5 Å². The molecule has 2 rings (SSSR count). The Morgan fingerprint density at radius 3 is 2.55 bits per heavy atom. The standard InChI is InChI=1S/C17H16F3NO/c1-3-15(22)21-11-10-16(2,12-21)9-8-13-4-6-14(7-5-13)17(18,19)20/h3-7H,1,10-12H2,2H3/t16-/m1/s1. The molecule has 116 valence electrons. The van der Waals surface area contributed by atoms with Crippen LogP contribution in [-0.4, -0.2) is 23.9 Å². The number of carbonyl (C=O) groups is 1. The molecular formula is C17H16F3NO. The van der Waals surface area contributed by atoms with Crippen molar-refractivity contribution in [3.63, 3.8) is 0 Å². The number of hydrogen-bond acceptors (Lipinski definition) is 1. The highest BCUT2D eigenvalue weighted by atomic mass is 19.4. The van der Waals surface area contributed by atoms with Gasteiger partial charge in [0.15, 0.2) is 0 Å². The van der Waals surface area contributed by atoms with Crippen molar-refractivity contribution in [3.05, 3.63) is 48.0 Å². The number of benzene rings is 1. The molecule has 1 saturated heterocycles. The Morgan fingerprint density at radius 1 is 1.36 bits per heavy atom. The van der Waals surface area contributed by atoms with Gasteiger partial charge in [-0.05, 0) is 43.7 Å². The molecule has 0 radical (unpaired) electrons.